The third kappa shape index (κ3) is 43.9. The van der Waals surface area contributed by atoms with Crippen LogP contribution in [0.3, 0.4) is 0 Å². The van der Waals surface area contributed by atoms with E-state index in [0.29, 0.717) is 25.9 Å². The molecule has 0 rings (SSSR count). The smallest absolute Gasteiger partial charge is 0.305 e. The van der Waals surface area contributed by atoms with E-state index in [1.807, 2.05) is 0 Å². The molecule has 2 atom stereocenters. The van der Waals surface area contributed by atoms with Crippen molar-refractivity contribution in [2.24, 2.45) is 0 Å². The van der Waals surface area contributed by atoms with Gasteiger partial charge in [-0.3, -0.25) is 9.59 Å². The van der Waals surface area contributed by atoms with Crippen LogP contribution in [0.1, 0.15) is 271 Å². The van der Waals surface area contributed by atoms with Crippen molar-refractivity contribution in [2.75, 3.05) is 13.2 Å². The van der Waals surface area contributed by atoms with Crippen LogP contribution >= 0.6 is 0 Å². The van der Waals surface area contributed by atoms with Gasteiger partial charge in [-0.05, 0) is 57.8 Å². The van der Waals surface area contributed by atoms with Crippen LogP contribution in [0.15, 0.2) is 24.3 Å². The first-order valence-electron chi connectivity index (χ1n) is 25.6. The lowest BCUT2D eigenvalue weighted by Gasteiger charge is -2.22. The summed E-state index contributed by atoms with van der Waals surface area (Å²) >= 11 is 0. The first-order chi connectivity index (χ1) is 28.5. The van der Waals surface area contributed by atoms with Crippen LogP contribution in [-0.2, 0) is 14.3 Å². The van der Waals surface area contributed by atoms with E-state index in [1.54, 1.807) is 0 Å². The number of allylic oxidation sites excluding steroid dienone is 4. The average molecular weight is 818 g/mol. The summed E-state index contributed by atoms with van der Waals surface area (Å²) in [5, 5.41) is 23.2. The second-order valence-electron chi connectivity index (χ2n) is 17.5. The summed E-state index contributed by atoms with van der Waals surface area (Å²) in [5.41, 5.74) is 0. The number of hydrogen-bond acceptors (Lipinski definition) is 5. The van der Waals surface area contributed by atoms with Crippen LogP contribution in [0, 0.1) is 0 Å². The van der Waals surface area contributed by atoms with E-state index in [9.17, 15) is 19.8 Å². The zero-order chi connectivity index (χ0) is 42.3. The van der Waals surface area contributed by atoms with Crippen molar-refractivity contribution in [2.45, 2.75) is 283 Å². The quantitative estimate of drug-likeness (QED) is 0.0323. The van der Waals surface area contributed by atoms with Gasteiger partial charge in [0.05, 0.1) is 25.4 Å². The Balaban J connectivity index is 3.48. The molecular formula is C52H99NO5. The summed E-state index contributed by atoms with van der Waals surface area (Å²) in [7, 11) is 0. The minimum Gasteiger partial charge on any atom is -0.466 e. The maximum atomic E-state index is 12.4. The van der Waals surface area contributed by atoms with Crippen LogP contribution in [0.5, 0.6) is 0 Å². The molecule has 58 heavy (non-hydrogen) atoms. The van der Waals surface area contributed by atoms with Gasteiger partial charge < -0.3 is 20.3 Å². The highest BCUT2D eigenvalue weighted by molar-refractivity contribution is 5.76. The van der Waals surface area contributed by atoms with E-state index in [0.717, 1.165) is 64.2 Å². The summed E-state index contributed by atoms with van der Waals surface area (Å²) in [4.78, 5) is 24.5. The van der Waals surface area contributed by atoms with Gasteiger partial charge in [0.15, 0.2) is 0 Å². The topological polar surface area (TPSA) is 95.9 Å². The van der Waals surface area contributed by atoms with E-state index in [2.05, 4.69) is 43.5 Å². The third-order valence-corrected chi connectivity index (χ3v) is 11.8. The van der Waals surface area contributed by atoms with Crippen molar-refractivity contribution in [1.29, 1.82) is 0 Å². The normalized spacial score (nSPS) is 12.8. The summed E-state index contributed by atoms with van der Waals surface area (Å²) < 4.78 is 5.46. The summed E-state index contributed by atoms with van der Waals surface area (Å²) in [6.45, 7) is 4.87. The van der Waals surface area contributed by atoms with E-state index < -0.39 is 12.1 Å². The van der Waals surface area contributed by atoms with Gasteiger partial charge in [0.2, 0.25) is 5.91 Å². The summed E-state index contributed by atoms with van der Waals surface area (Å²) in [6.07, 6.45) is 55.6. The maximum Gasteiger partial charge on any atom is 0.305 e. The van der Waals surface area contributed by atoms with E-state index in [1.165, 1.54) is 173 Å². The van der Waals surface area contributed by atoms with Crippen molar-refractivity contribution >= 4 is 11.9 Å². The molecule has 6 heteroatoms. The fourth-order valence-electron chi connectivity index (χ4n) is 7.79. The Morgan fingerprint density at radius 2 is 0.862 bits per heavy atom. The Labute approximate surface area is 361 Å². The van der Waals surface area contributed by atoms with Crippen molar-refractivity contribution in [3.63, 3.8) is 0 Å². The number of ether oxygens (including phenoxy) is 1. The number of aliphatic hydroxyl groups excluding tert-OH is 2. The first kappa shape index (κ1) is 56.3. The molecule has 342 valence electrons. The molecular weight excluding hydrogens is 719 g/mol. The first-order valence-corrected chi connectivity index (χ1v) is 25.6. The molecule has 0 aliphatic rings. The lowest BCUT2D eigenvalue weighted by molar-refractivity contribution is -0.143. The predicted molar refractivity (Wildman–Crippen MR) is 250 cm³/mol. The maximum absolute atomic E-state index is 12.4. The number of rotatable bonds is 47. The zero-order valence-electron chi connectivity index (χ0n) is 38.8. The van der Waals surface area contributed by atoms with Crippen molar-refractivity contribution in [3.05, 3.63) is 24.3 Å². The number of carbonyl (C=O) groups is 2. The van der Waals surface area contributed by atoms with E-state index >= 15 is 0 Å². The molecule has 0 heterocycles. The van der Waals surface area contributed by atoms with Gasteiger partial charge in [0.25, 0.3) is 0 Å². The Morgan fingerprint density at radius 3 is 1.34 bits per heavy atom. The number of nitrogens with one attached hydrogen (secondary N) is 1. The third-order valence-electron chi connectivity index (χ3n) is 11.8. The molecule has 0 aliphatic heterocycles. The molecule has 0 aliphatic carbocycles. The summed E-state index contributed by atoms with van der Waals surface area (Å²) in [6, 6.07) is -0.558. The molecule has 1 amide bonds. The fourth-order valence-corrected chi connectivity index (χ4v) is 7.79. The van der Waals surface area contributed by atoms with Gasteiger partial charge in [-0.15, -0.1) is 0 Å². The highest BCUT2D eigenvalue weighted by atomic mass is 16.5. The molecule has 0 spiro atoms. The van der Waals surface area contributed by atoms with Gasteiger partial charge in [-0.1, -0.05) is 224 Å². The van der Waals surface area contributed by atoms with Gasteiger partial charge >= 0.3 is 5.97 Å². The van der Waals surface area contributed by atoms with Crippen LogP contribution in [0.2, 0.25) is 0 Å². The average Bonchev–Trinajstić information content (AvgIpc) is 3.22. The van der Waals surface area contributed by atoms with E-state index in [-0.39, 0.29) is 18.5 Å². The minimum atomic E-state index is -0.679. The largest absolute Gasteiger partial charge is 0.466 e. The van der Waals surface area contributed by atoms with Gasteiger partial charge in [-0.25, -0.2) is 0 Å². The zero-order valence-corrected chi connectivity index (χ0v) is 38.8. The number of amides is 1. The van der Waals surface area contributed by atoms with Crippen LogP contribution < -0.4 is 5.32 Å². The number of carbonyl (C=O) groups excluding carboxylic acids is 2. The van der Waals surface area contributed by atoms with Crippen LogP contribution in [-0.4, -0.2) is 47.4 Å². The number of aliphatic hydroxyl groups is 2. The molecule has 0 radical (unpaired) electrons. The molecule has 0 aromatic heterocycles. The Bertz CT molecular complexity index is 904. The Morgan fingerprint density at radius 1 is 0.483 bits per heavy atom. The monoisotopic (exact) mass is 818 g/mol. The second kappa shape index (κ2) is 48.0. The summed E-state index contributed by atoms with van der Waals surface area (Å²) in [5.74, 6) is -0.0848. The molecule has 0 fully saturated rings. The predicted octanol–water partition coefficient (Wildman–Crippen LogP) is 15.1. The lowest BCUT2D eigenvalue weighted by atomic mass is 10.0. The number of unbranched alkanes of at least 4 members (excludes halogenated alkanes) is 32. The highest BCUT2D eigenvalue weighted by Crippen LogP contribution is 2.16. The SMILES string of the molecule is CCCCC/C=C\C/C=C\CCCCCCCCCC(=O)OCCCCCCCCCCCCC(=O)NC(CO)C(O)CCCCCCCCCCCCCCCC. The Hall–Kier alpha value is -1.66. The van der Waals surface area contributed by atoms with Crippen molar-refractivity contribution in [3.8, 4) is 0 Å². The van der Waals surface area contributed by atoms with Gasteiger partial charge in [0.1, 0.15) is 0 Å². The van der Waals surface area contributed by atoms with Crippen LogP contribution in [0.25, 0.3) is 0 Å². The molecule has 0 saturated carbocycles. The standard InChI is InChI=1S/C52H99NO5/c1-3-5-7-9-11-13-15-17-19-20-21-23-25-30-34-38-42-46-52(57)58-47-43-39-35-31-27-26-29-33-37-41-45-51(56)53-49(48-54)50(55)44-40-36-32-28-24-22-18-16-14-12-10-8-6-4-2/h11,13,17,19,49-50,54-55H,3-10,12,14-16,18,20-48H2,1-2H3,(H,53,56)/b13-11-,19-17-. The van der Waals surface area contributed by atoms with Gasteiger partial charge in [0, 0.05) is 12.8 Å². The lowest BCUT2D eigenvalue weighted by Crippen LogP contribution is -2.45. The molecule has 0 aromatic rings. The van der Waals surface area contributed by atoms with E-state index in [4.69, 9.17) is 4.74 Å². The van der Waals surface area contributed by atoms with Crippen LogP contribution in [0.4, 0.5) is 0 Å². The molecule has 0 bridgehead atoms. The fraction of sp³-hybridized carbons (Fsp3) is 0.885. The van der Waals surface area contributed by atoms with Crippen molar-refractivity contribution in [1.82, 2.24) is 5.32 Å². The second-order valence-corrected chi connectivity index (χ2v) is 17.5. The molecule has 2 unspecified atom stereocenters. The van der Waals surface area contributed by atoms with Gasteiger partial charge in [-0.2, -0.15) is 0 Å². The molecule has 0 saturated heterocycles. The number of esters is 1. The molecule has 6 nitrogen and oxygen atoms in total. The van der Waals surface area contributed by atoms with Crippen molar-refractivity contribution < 1.29 is 24.5 Å². The number of hydrogen-bond donors (Lipinski definition) is 3. The Kier molecular flexibility index (Phi) is 46.6. The molecule has 0 aromatic carbocycles. The highest BCUT2D eigenvalue weighted by Gasteiger charge is 2.20. The molecule has 3 N–H and O–H groups in total. The minimum absolute atomic E-state index is 0.0266.